The van der Waals surface area contributed by atoms with Crippen LogP contribution in [0, 0.1) is 0 Å². The van der Waals surface area contributed by atoms with Crippen LogP contribution < -0.4 is 5.32 Å². The Balaban J connectivity index is 2.70. The minimum absolute atomic E-state index is 0.0794. The number of Topliss-reactive ketones (excluding diaryl/α,β-unsaturated/α-hetero) is 1. The van der Waals surface area contributed by atoms with E-state index in [0.717, 1.165) is 6.92 Å². The molecule has 0 saturated heterocycles. The maximum Gasteiger partial charge on any atom is 0.416 e. The number of anilines is 1. The van der Waals surface area contributed by atoms with E-state index in [4.69, 9.17) is 0 Å². The Kier molecular flexibility index (Phi) is 7.21. The molecule has 174 valence electrons. The summed E-state index contributed by atoms with van der Waals surface area (Å²) >= 11 is 0. The molecule has 0 radical (unpaired) electrons. The van der Waals surface area contributed by atoms with Crippen molar-refractivity contribution in [3.63, 3.8) is 0 Å². The number of ketones is 1. The number of esters is 1. The fourth-order valence-corrected chi connectivity index (χ4v) is 2.96. The number of carbonyl (C=O) groups is 2. The number of carbonyl (C=O) groups excluding carboxylic acids is 2. The van der Waals surface area contributed by atoms with Gasteiger partial charge in [0, 0.05) is 5.69 Å². The first-order chi connectivity index (χ1) is 14.7. The molecule has 1 N–H and O–H groups in total. The van der Waals surface area contributed by atoms with Crippen molar-refractivity contribution in [2.24, 2.45) is 0 Å². The largest absolute Gasteiger partial charge is 0.463 e. The van der Waals surface area contributed by atoms with Crippen LogP contribution in [0.3, 0.4) is 0 Å². The lowest BCUT2D eigenvalue weighted by Crippen LogP contribution is -2.50. The first-order valence-electron chi connectivity index (χ1n) is 9.19. The zero-order valence-electron chi connectivity index (χ0n) is 16.8. The summed E-state index contributed by atoms with van der Waals surface area (Å²) in [5.74, 6) is -2.97. The molecule has 0 aromatic heterocycles. The Labute approximate surface area is 178 Å². The van der Waals surface area contributed by atoms with Gasteiger partial charge in [0.25, 0.3) is 5.67 Å². The van der Waals surface area contributed by atoms with Gasteiger partial charge in [-0.1, -0.05) is 30.3 Å². The number of alkyl halides is 7. The maximum absolute atomic E-state index is 15.9. The Morgan fingerprint density at radius 2 is 1.41 bits per heavy atom. The van der Waals surface area contributed by atoms with Crippen molar-refractivity contribution in [2.45, 2.75) is 37.9 Å². The number of halogens is 7. The van der Waals surface area contributed by atoms with Crippen molar-refractivity contribution in [1.82, 2.24) is 0 Å². The second-order valence-electron chi connectivity index (χ2n) is 6.77. The van der Waals surface area contributed by atoms with Crippen LogP contribution in [0.15, 0.2) is 48.5 Å². The van der Waals surface area contributed by atoms with E-state index in [9.17, 15) is 35.9 Å². The molecule has 0 aliphatic rings. The standard InChI is InChI=1S/C21H18F7NO3/c1-3-32-18(31)19(22,12(2)30)17(13-7-5-4-6-8-13)29-16-10-14(20(23,24)25)9-15(11-16)21(26,27)28/h4-11,17,29H,3H2,1-2H3. The minimum atomic E-state index is -5.14. The van der Waals surface area contributed by atoms with Crippen LogP contribution in [0.25, 0.3) is 0 Å². The van der Waals surface area contributed by atoms with Crippen molar-refractivity contribution < 1.29 is 45.1 Å². The molecule has 4 nitrogen and oxygen atoms in total. The van der Waals surface area contributed by atoms with E-state index in [0.29, 0.717) is 12.1 Å². The summed E-state index contributed by atoms with van der Waals surface area (Å²) in [5, 5.41) is 2.18. The van der Waals surface area contributed by atoms with Crippen molar-refractivity contribution in [1.29, 1.82) is 0 Å². The maximum atomic E-state index is 15.9. The van der Waals surface area contributed by atoms with Crippen LogP contribution in [0.4, 0.5) is 36.4 Å². The van der Waals surface area contributed by atoms with Crippen LogP contribution in [-0.4, -0.2) is 24.0 Å². The molecule has 0 aliphatic carbocycles. The third-order valence-electron chi connectivity index (χ3n) is 4.51. The van der Waals surface area contributed by atoms with Crippen molar-refractivity contribution in [2.75, 3.05) is 11.9 Å². The molecule has 2 aromatic carbocycles. The predicted octanol–water partition coefficient (Wildman–Crippen LogP) is 5.74. The van der Waals surface area contributed by atoms with Crippen LogP contribution in [0.1, 0.15) is 36.6 Å². The van der Waals surface area contributed by atoms with Crippen molar-refractivity contribution >= 4 is 17.4 Å². The molecule has 0 amide bonds. The highest BCUT2D eigenvalue weighted by atomic mass is 19.4. The van der Waals surface area contributed by atoms with E-state index in [-0.39, 0.29) is 18.2 Å². The van der Waals surface area contributed by atoms with Gasteiger partial charge in [-0.3, -0.25) is 4.79 Å². The summed E-state index contributed by atoms with van der Waals surface area (Å²) < 4.78 is 99.6. The van der Waals surface area contributed by atoms with Gasteiger partial charge in [0.2, 0.25) is 0 Å². The first kappa shape index (κ1) is 25.2. The van der Waals surface area contributed by atoms with E-state index < -0.39 is 52.6 Å². The molecule has 0 aliphatic heterocycles. The second kappa shape index (κ2) is 9.17. The highest BCUT2D eigenvalue weighted by molar-refractivity contribution is 6.07. The van der Waals surface area contributed by atoms with E-state index >= 15 is 4.39 Å². The van der Waals surface area contributed by atoms with Crippen LogP contribution in [0.2, 0.25) is 0 Å². The van der Waals surface area contributed by atoms with Gasteiger partial charge in [-0.15, -0.1) is 0 Å². The van der Waals surface area contributed by atoms with E-state index in [1.165, 1.54) is 37.3 Å². The third-order valence-corrected chi connectivity index (χ3v) is 4.51. The first-order valence-corrected chi connectivity index (χ1v) is 9.19. The quantitative estimate of drug-likeness (QED) is 0.322. The van der Waals surface area contributed by atoms with Crippen molar-refractivity contribution in [3.05, 3.63) is 65.2 Å². The molecule has 32 heavy (non-hydrogen) atoms. The fraction of sp³-hybridized carbons (Fsp3) is 0.333. The molecule has 2 aromatic rings. The van der Waals surface area contributed by atoms with Gasteiger partial charge in [0.1, 0.15) is 6.04 Å². The Bertz CT molecular complexity index is 941. The number of benzene rings is 2. The lowest BCUT2D eigenvalue weighted by Gasteiger charge is -2.32. The summed E-state index contributed by atoms with van der Waals surface area (Å²) in [7, 11) is 0. The SMILES string of the molecule is CCOC(=O)C(F)(C(C)=O)C(Nc1cc(C(F)(F)F)cc(C(F)(F)F)c1)c1ccccc1. The Morgan fingerprint density at radius 1 is 0.906 bits per heavy atom. The Morgan fingerprint density at radius 3 is 1.81 bits per heavy atom. The molecular formula is C21H18F7NO3. The molecule has 11 heteroatoms. The molecule has 2 rings (SSSR count). The van der Waals surface area contributed by atoms with Crippen LogP contribution >= 0.6 is 0 Å². The van der Waals surface area contributed by atoms with Gasteiger partial charge in [-0.2, -0.15) is 26.3 Å². The number of ether oxygens (including phenoxy) is 1. The highest BCUT2D eigenvalue weighted by Crippen LogP contribution is 2.40. The Hall–Kier alpha value is -3.11. The highest BCUT2D eigenvalue weighted by Gasteiger charge is 2.53. The molecule has 0 spiro atoms. The van der Waals surface area contributed by atoms with E-state index in [2.05, 4.69) is 10.1 Å². The van der Waals surface area contributed by atoms with Crippen molar-refractivity contribution in [3.8, 4) is 0 Å². The lowest BCUT2D eigenvalue weighted by atomic mass is 9.86. The average molecular weight is 465 g/mol. The summed E-state index contributed by atoms with van der Waals surface area (Å²) in [6.07, 6.45) is -10.3. The molecule has 0 fully saturated rings. The normalized spacial score (nSPS) is 14.9. The zero-order chi connectivity index (χ0) is 24.3. The molecule has 0 saturated carbocycles. The second-order valence-corrected chi connectivity index (χ2v) is 6.77. The average Bonchev–Trinajstić information content (AvgIpc) is 2.70. The monoisotopic (exact) mass is 465 g/mol. The van der Waals surface area contributed by atoms with E-state index in [1.54, 1.807) is 0 Å². The number of rotatable bonds is 7. The molecule has 0 heterocycles. The molecular weight excluding hydrogens is 447 g/mol. The summed E-state index contributed by atoms with van der Waals surface area (Å²) in [5.41, 5.74) is -7.61. The smallest absolute Gasteiger partial charge is 0.416 e. The van der Waals surface area contributed by atoms with Gasteiger partial charge in [-0.25, -0.2) is 9.18 Å². The molecule has 0 bridgehead atoms. The summed E-state index contributed by atoms with van der Waals surface area (Å²) in [6.45, 7) is 1.74. The van der Waals surface area contributed by atoms with Gasteiger partial charge in [-0.05, 0) is 37.6 Å². The lowest BCUT2D eigenvalue weighted by molar-refractivity contribution is -0.163. The summed E-state index contributed by atoms with van der Waals surface area (Å²) in [6, 6.07) is 5.38. The van der Waals surface area contributed by atoms with Gasteiger partial charge in [0.05, 0.1) is 17.7 Å². The number of hydrogen-bond donors (Lipinski definition) is 1. The van der Waals surface area contributed by atoms with Gasteiger partial charge in [0.15, 0.2) is 5.78 Å². The van der Waals surface area contributed by atoms with E-state index in [1.807, 2.05) is 0 Å². The predicted molar refractivity (Wildman–Crippen MR) is 100 cm³/mol. The van der Waals surface area contributed by atoms with Gasteiger partial charge < -0.3 is 10.1 Å². The minimum Gasteiger partial charge on any atom is -0.463 e. The topological polar surface area (TPSA) is 55.4 Å². The van der Waals surface area contributed by atoms with Crippen LogP contribution in [-0.2, 0) is 26.7 Å². The van der Waals surface area contributed by atoms with Crippen LogP contribution in [0.5, 0.6) is 0 Å². The number of nitrogens with one attached hydrogen (secondary N) is 1. The zero-order valence-corrected chi connectivity index (χ0v) is 16.8. The molecule has 2 atom stereocenters. The number of hydrogen-bond acceptors (Lipinski definition) is 4. The fourth-order valence-electron chi connectivity index (χ4n) is 2.96. The molecule has 2 unspecified atom stereocenters. The third kappa shape index (κ3) is 5.38. The summed E-state index contributed by atoms with van der Waals surface area (Å²) in [4.78, 5) is 24.5. The van der Waals surface area contributed by atoms with Gasteiger partial charge >= 0.3 is 18.3 Å².